The Morgan fingerprint density at radius 2 is 1.84 bits per heavy atom. The van der Waals surface area contributed by atoms with Gasteiger partial charge in [-0.1, -0.05) is 43.0 Å². The van der Waals surface area contributed by atoms with Crippen molar-refractivity contribution in [3.8, 4) is 16.9 Å². The highest BCUT2D eigenvalue weighted by Crippen LogP contribution is 2.40. The first-order valence-electron chi connectivity index (χ1n) is 6.24. The Hall–Kier alpha value is -2.35. The summed E-state index contributed by atoms with van der Waals surface area (Å²) in [5.41, 5.74) is 5.15. The molecule has 0 bridgehead atoms. The third-order valence-corrected chi connectivity index (χ3v) is 3.36. The van der Waals surface area contributed by atoms with Crippen molar-refractivity contribution in [2.24, 2.45) is 0 Å². The van der Waals surface area contributed by atoms with Gasteiger partial charge in [0.2, 0.25) is 0 Å². The zero-order chi connectivity index (χ0) is 13.4. The third kappa shape index (κ3) is 1.95. The molecule has 2 heteroatoms. The average molecular weight is 250 g/mol. The zero-order valence-corrected chi connectivity index (χ0v) is 10.8. The van der Waals surface area contributed by atoms with Crippen molar-refractivity contribution >= 4 is 5.97 Å². The largest absolute Gasteiger partial charge is 0.423 e. The van der Waals surface area contributed by atoms with E-state index in [1.165, 1.54) is 11.1 Å². The van der Waals surface area contributed by atoms with Gasteiger partial charge in [-0.2, -0.15) is 0 Å². The first kappa shape index (κ1) is 11.7. The quantitative estimate of drug-likeness (QED) is 0.393. The van der Waals surface area contributed by atoms with Gasteiger partial charge in [-0.15, -0.1) is 0 Å². The van der Waals surface area contributed by atoms with Crippen LogP contribution in [0.1, 0.15) is 18.1 Å². The average Bonchev–Trinajstić information content (AvgIpc) is 2.78. The number of hydrogen-bond acceptors (Lipinski definition) is 2. The molecule has 0 aliphatic heterocycles. The van der Waals surface area contributed by atoms with Gasteiger partial charge in [0.1, 0.15) is 5.75 Å². The van der Waals surface area contributed by atoms with Crippen molar-refractivity contribution in [3.05, 3.63) is 65.7 Å². The summed E-state index contributed by atoms with van der Waals surface area (Å²) in [7, 11) is 0. The summed E-state index contributed by atoms with van der Waals surface area (Å²) < 4.78 is 5.41. The fourth-order valence-corrected chi connectivity index (χ4v) is 2.41. The highest BCUT2D eigenvalue weighted by Gasteiger charge is 2.22. The van der Waals surface area contributed by atoms with E-state index in [0.29, 0.717) is 11.3 Å². The van der Waals surface area contributed by atoms with Gasteiger partial charge in [0.05, 0.1) is 0 Å². The Kier molecular flexibility index (Phi) is 2.71. The lowest BCUT2D eigenvalue weighted by Gasteiger charge is -2.08. The lowest BCUT2D eigenvalue weighted by molar-refractivity contribution is -0.130. The second-order valence-corrected chi connectivity index (χ2v) is 4.79. The Morgan fingerprint density at radius 1 is 1.11 bits per heavy atom. The van der Waals surface area contributed by atoms with E-state index in [9.17, 15) is 4.79 Å². The molecule has 94 valence electrons. The monoisotopic (exact) mass is 250 g/mol. The Morgan fingerprint density at radius 3 is 2.63 bits per heavy atom. The second kappa shape index (κ2) is 4.39. The molecule has 2 aromatic rings. The van der Waals surface area contributed by atoms with E-state index in [-0.39, 0.29) is 5.97 Å². The molecule has 3 rings (SSSR count). The van der Waals surface area contributed by atoms with Crippen LogP contribution >= 0.6 is 0 Å². The summed E-state index contributed by atoms with van der Waals surface area (Å²) >= 11 is 0. The summed E-state index contributed by atoms with van der Waals surface area (Å²) in [5, 5.41) is 0. The van der Waals surface area contributed by atoms with Crippen LogP contribution in [0.15, 0.2) is 54.6 Å². The first-order valence-corrected chi connectivity index (χ1v) is 6.24. The maximum Gasteiger partial charge on any atom is 0.338 e. The predicted molar refractivity (Wildman–Crippen MR) is 75.1 cm³/mol. The van der Waals surface area contributed by atoms with Crippen molar-refractivity contribution in [2.75, 3.05) is 0 Å². The highest BCUT2D eigenvalue weighted by molar-refractivity contribution is 5.90. The Labute approximate surface area is 112 Å². The van der Waals surface area contributed by atoms with Crippen molar-refractivity contribution in [1.82, 2.24) is 0 Å². The van der Waals surface area contributed by atoms with E-state index in [0.717, 1.165) is 17.5 Å². The number of carbonyl (C=O) groups is 1. The minimum Gasteiger partial charge on any atom is -0.423 e. The van der Waals surface area contributed by atoms with Crippen molar-refractivity contribution in [1.29, 1.82) is 0 Å². The van der Waals surface area contributed by atoms with Crippen LogP contribution < -0.4 is 4.74 Å². The Bertz CT molecular complexity index is 683. The van der Waals surface area contributed by atoms with Crippen molar-refractivity contribution in [2.45, 2.75) is 13.3 Å². The number of ether oxygens (including phenoxy) is 1. The summed E-state index contributed by atoms with van der Waals surface area (Å²) in [6.45, 7) is 5.26. The van der Waals surface area contributed by atoms with Crippen molar-refractivity contribution in [3.63, 3.8) is 0 Å². The Balaban J connectivity index is 2.04. The van der Waals surface area contributed by atoms with E-state index < -0.39 is 0 Å². The minimum atomic E-state index is -0.371. The molecule has 0 N–H and O–H groups in total. The fraction of sp³-hybridized carbons (Fsp3) is 0.118. The predicted octanol–water partition coefficient (Wildman–Crippen LogP) is 3.74. The molecule has 0 radical (unpaired) electrons. The topological polar surface area (TPSA) is 26.3 Å². The molecule has 0 heterocycles. The molecule has 2 aromatic carbocycles. The van der Waals surface area contributed by atoms with Crippen LogP contribution in [-0.4, -0.2) is 5.97 Å². The summed E-state index contributed by atoms with van der Waals surface area (Å²) in [6.07, 6.45) is 0.811. The molecule has 0 saturated carbocycles. The molecular weight excluding hydrogens is 236 g/mol. The van der Waals surface area contributed by atoms with E-state index in [1.54, 1.807) is 6.92 Å². The highest BCUT2D eigenvalue weighted by atomic mass is 16.5. The van der Waals surface area contributed by atoms with Gasteiger partial charge in [0.15, 0.2) is 0 Å². The number of hydrogen-bond donors (Lipinski definition) is 0. The normalized spacial score (nSPS) is 11.6. The van der Waals surface area contributed by atoms with E-state index in [2.05, 4.69) is 24.8 Å². The molecular formula is C17H14O2. The SMILES string of the molecule is C=C(C)C(=O)Oc1cccc2c1Cc1ccccc1-2. The first-order chi connectivity index (χ1) is 9.16. The summed E-state index contributed by atoms with van der Waals surface area (Å²) in [5.74, 6) is 0.269. The van der Waals surface area contributed by atoms with Crippen molar-refractivity contribution < 1.29 is 9.53 Å². The van der Waals surface area contributed by atoms with Gasteiger partial charge in [-0.25, -0.2) is 4.79 Å². The lowest BCUT2D eigenvalue weighted by atomic mass is 10.1. The number of carbonyl (C=O) groups excluding carboxylic acids is 1. The van der Waals surface area contributed by atoms with Gasteiger partial charge in [-0.05, 0) is 29.7 Å². The van der Waals surface area contributed by atoms with E-state index in [4.69, 9.17) is 4.74 Å². The lowest BCUT2D eigenvalue weighted by Crippen LogP contribution is -2.09. The van der Waals surface area contributed by atoms with Gasteiger partial charge in [0, 0.05) is 17.6 Å². The molecule has 1 aliphatic carbocycles. The van der Waals surface area contributed by atoms with Crippen LogP contribution in [-0.2, 0) is 11.2 Å². The second-order valence-electron chi connectivity index (χ2n) is 4.79. The zero-order valence-electron chi connectivity index (χ0n) is 10.8. The van der Waals surface area contributed by atoms with E-state index in [1.807, 2.05) is 24.3 Å². The van der Waals surface area contributed by atoms with Gasteiger partial charge < -0.3 is 4.74 Å². The molecule has 0 aromatic heterocycles. The number of fused-ring (bicyclic) bond motifs is 3. The molecule has 19 heavy (non-hydrogen) atoms. The molecule has 0 amide bonds. The molecule has 0 atom stereocenters. The maximum absolute atomic E-state index is 11.7. The maximum atomic E-state index is 11.7. The molecule has 0 saturated heterocycles. The molecule has 1 aliphatic rings. The van der Waals surface area contributed by atoms with Gasteiger partial charge in [-0.3, -0.25) is 0 Å². The van der Waals surface area contributed by atoms with Crippen LogP contribution in [0.25, 0.3) is 11.1 Å². The summed E-state index contributed by atoms with van der Waals surface area (Å²) in [4.78, 5) is 11.7. The third-order valence-electron chi connectivity index (χ3n) is 3.36. The van der Waals surface area contributed by atoms with Crippen LogP contribution in [0.2, 0.25) is 0 Å². The van der Waals surface area contributed by atoms with Gasteiger partial charge >= 0.3 is 5.97 Å². The van der Waals surface area contributed by atoms with Gasteiger partial charge in [0.25, 0.3) is 0 Å². The molecule has 0 unspecified atom stereocenters. The molecule has 2 nitrogen and oxygen atoms in total. The number of rotatable bonds is 2. The number of benzene rings is 2. The van der Waals surface area contributed by atoms with Crippen LogP contribution in [0.4, 0.5) is 0 Å². The standard InChI is InChI=1S/C17H14O2/c1-11(2)17(18)19-16-9-5-8-14-13-7-4-3-6-12(13)10-15(14)16/h3-9H,1,10H2,2H3. The van der Waals surface area contributed by atoms with Crippen LogP contribution in [0, 0.1) is 0 Å². The van der Waals surface area contributed by atoms with Crippen LogP contribution in [0.5, 0.6) is 5.75 Å². The smallest absolute Gasteiger partial charge is 0.338 e. The minimum absolute atomic E-state index is 0.371. The fourth-order valence-electron chi connectivity index (χ4n) is 2.41. The molecule has 0 fully saturated rings. The summed E-state index contributed by atoms with van der Waals surface area (Å²) in [6, 6.07) is 14.1. The number of esters is 1. The van der Waals surface area contributed by atoms with Crippen LogP contribution in [0.3, 0.4) is 0 Å². The molecule has 0 spiro atoms. The van der Waals surface area contributed by atoms with E-state index >= 15 is 0 Å².